The Labute approximate surface area is 143 Å². The van der Waals surface area contributed by atoms with E-state index in [-0.39, 0.29) is 34.1 Å². The molecule has 7 heteroatoms. The van der Waals surface area contributed by atoms with E-state index in [4.69, 9.17) is 11.6 Å². The summed E-state index contributed by atoms with van der Waals surface area (Å²) in [5.74, 6) is -0.777. The van der Waals surface area contributed by atoms with Gasteiger partial charge in [0.2, 0.25) is 0 Å². The van der Waals surface area contributed by atoms with Gasteiger partial charge in [-0.2, -0.15) is 0 Å². The van der Waals surface area contributed by atoms with Crippen LogP contribution >= 0.6 is 11.6 Å². The Morgan fingerprint density at radius 1 is 1.21 bits per heavy atom. The van der Waals surface area contributed by atoms with Crippen molar-refractivity contribution in [3.63, 3.8) is 0 Å². The number of hydrogen-bond acceptors (Lipinski definition) is 3. The topological polar surface area (TPSA) is 72.2 Å². The second-order valence-corrected chi connectivity index (χ2v) is 6.08. The second-order valence-electron chi connectivity index (χ2n) is 5.67. The van der Waals surface area contributed by atoms with Gasteiger partial charge in [0, 0.05) is 11.6 Å². The first-order valence-corrected chi connectivity index (χ1v) is 7.67. The Bertz CT molecular complexity index is 763. The first kappa shape index (κ1) is 17.9. The molecule has 0 radical (unpaired) electrons. The Kier molecular flexibility index (Phi) is 5.51. The van der Waals surface area contributed by atoms with Crippen LogP contribution in [-0.2, 0) is 0 Å². The maximum atomic E-state index is 13.1. The number of nitrogens with one attached hydrogen (secondary N) is 1. The summed E-state index contributed by atoms with van der Waals surface area (Å²) >= 11 is 5.75. The minimum Gasteiger partial charge on any atom is -0.345 e. The van der Waals surface area contributed by atoms with E-state index >= 15 is 0 Å². The van der Waals surface area contributed by atoms with Gasteiger partial charge in [-0.25, -0.2) is 4.39 Å². The number of carbonyl (C=O) groups is 1. The molecule has 1 N–H and O–H groups in total. The van der Waals surface area contributed by atoms with Crippen molar-refractivity contribution >= 4 is 23.2 Å². The second kappa shape index (κ2) is 7.40. The lowest BCUT2D eigenvalue weighted by Gasteiger charge is -2.23. The molecule has 0 heterocycles. The van der Waals surface area contributed by atoms with Crippen LogP contribution in [0, 0.1) is 21.8 Å². The summed E-state index contributed by atoms with van der Waals surface area (Å²) in [5, 5.41) is 13.7. The molecule has 0 spiro atoms. The Balaban J connectivity index is 2.27. The first-order valence-electron chi connectivity index (χ1n) is 7.30. The van der Waals surface area contributed by atoms with Gasteiger partial charge in [-0.05, 0) is 35.7 Å². The van der Waals surface area contributed by atoms with Crippen LogP contribution in [0.2, 0.25) is 5.02 Å². The number of benzene rings is 2. The highest BCUT2D eigenvalue weighted by molar-refractivity contribution is 6.32. The number of amides is 1. The van der Waals surface area contributed by atoms with E-state index < -0.39 is 10.8 Å². The van der Waals surface area contributed by atoms with Gasteiger partial charge in [-0.15, -0.1) is 0 Å². The fourth-order valence-corrected chi connectivity index (χ4v) is 2.51. The predicted octanol–water partition coefficient (Wildman–Crippen LogP) is 4.51. The molecule has 0 aliphatic rings. The monoisotopic (exact) mass is 350 g/mol. The zero-order valence-corrected chi connectivity index (χ0v) is 13.9. The minimum atomic E-state index is -0.640. The number of rotatable bonds is 5. The molecule has 0 aliphatic heterocycles. The summed E-state index contributed by atoms with van der Waals surface area (Å²) in [6.07, 6.45) is 0. The van der Waals surface area contributed by atoms with Crippen LogP contribution in [0.4, 0.5) is 10.1 Å². The predicted molar refractivity (Wildman–Crippen MR) is 89.6 cm³/mol. The Hall–Kier alpha value is -2.47. The molecule has 1 amide bonds. The molecule has 0 aromatic heterocycles. The number of carbonyl (C=O) groups excluding carboxylic acids is 1. The third-order valence-corrected chi connectivity index (χ3v) is 3.91. The molecule has 0 aliphatic carbocycles. The van der Waals surface area contributed by atoms with Crippen molar-refractivity contribution in [3.05, 3.63) is 74.5 Å². The van der Waals surface area contributed by atoms with Crippen LogP contribution in [0.25, 0.3) is 0 Å². The fourth-order valence-electron chi connectivity index (χ4n) is 2.32. The molecule has 126 valence electrons. The molecule has 2 aromatic carbocycles. The van der Waals surface area contributed by atoms with Crippen molar-refractivity contribution in [3.8, 4) is 0 Å². The Morgan fingerprint density at radius 2 is 1.83 bits per heavy atom. The highest BCUT2D eigenvalue weighted by atomic mass is 35.5. The zero-order chi connectivity index (χ0) is 17.9. The van der Waals surface area contributed by atoms with E-state index in [1.54, 1.807) is 12.1 Å². The number of nitro benzene ring substituents is 1. The van der Waals surface area contributed by atoms with Gasteiger partial charge in [0.25, 0.3) is 11.6 Å². The van der Waals surface area contributed by atoms with E-state index in [0.717, 1.165) is 11.6 Å². The lowest BCUT2D eigenvalue weighted by molar-refractivity contribution is -0.384. The normalized spacial score (nSPS) is 12.0. The molecule has 5 nitrogen and oxygen atoms in total. The van der Waals surface area contributed by atoms with Crippen molar-refractivity contribution in [1.82, 2.24) is 5.32 Å². The summed E-state index contributed by atoms with van der Waals surface area (Å²) in [4.78, 5) is 22.7. The van der Waals surface area contributed by atoms with E-state index in [2.05, 4.69) is 5.32 Å². The van der Waals surface area contributed by atoms with Crippen LogP contribution in [0.15, 0.2) is 42.5 Å². The lowest BCUT2D eigenvalue weighted by Crippen LogP contribution is -2.31. The zero-order valence-electron chi connectivity index (χ0n) is 13.1. The molecule has 1 atom stereocenters. The fraction of sp³-hybridized carbons (Fsp3) is 0.235. The maximum absolute atomic E-state index is 13.1. The van der Waals surface area contributed by atoms with E-state index in [9.17, 15) is 19.3 Å². The number of nitrogens with zero attached hydrogens (tertiary/aromatic N) is 1. The van der Waals surface area contributed by atoms with Crippen molar-refractivity contribution in [2.75, 3.05) is 0 Å². The van der Waals surface area contributed by atoms with Gasteiger partial charge in [0.15, 0.2) is 0 Å². The molecule has 2 aromatic rings. The van der Waals surface area contributed by atoms with Crippen LogP contribution in [0.5, 0.6) is 0 Å². The summed E-state index contributed by atoms with van der Waals surface area (Å²) in [6.45, 7) is 3.83. The maximum Gasteiger partial charge on any atom is 0.288 e. The molecule has 0 fully saturated rings. The number of nitro groups is 1. The first-order chi connectivity index (χ1) is 11.3. The molecule has 0 saturated carbocycles. The highest BCUT2D eigenvalue weighted by Gasteiger charge is 2.21. The van der Waals surface area contributed by atoms with Crippen LogP contribution < -0.4 is 5.32 Å². The van der Waals surface area contributed by atoms with Crippen molar-refractivity contribution in [2.45, 2.75) is 19.9 Å². The van der Waals surface area contributed by atoms with Gasteiger partial charge >= 0.3 is 0 Å². The summed E-state index contributed by atoms with van der Waals surface area (Å²) in [7, 11) is 0. The van der Waals surface area contributed by atoms with Gasteiger partial charge < -0.3 is 5.32 Å². The SMILES string of the molecule is CC(C)[C@H](NC(=O)c1ccc(Cl)c([N+](=O)[O-])c1)c1ccc(F)cc1. The van der Waals surface area contributed by atoms with E-state index in [1.807, 2.05) is 13.8 Å². The average Bonchev–Trinajstić information content (AvgIpc) is 2.53. The quantitative estimate of drug-likeness (QED) is 0.636. The van der Waals surface area contributed by atoms with E-state index in [1.165, 1.54) is 24.3 Å². The van der Waals surface area contributed by atoms with Gasteiger partial charge in [-0.1, -0.05) is 37.6 Å². The van der Waals surface area contributed by atoms with Gasteiger partial charge in [0.05, 0.1) is 11.0 Å². The molecule has 2 rings (SSSR count). The highest BCUT2D eigenvalue weighted by Crippen LogP contribution is 2.26. The molecule has 24 heavy (non-hydrogen) atoms. The molecular weight excluding hydrogens is 335 g/mol. The molecular formula is C17H16ClFN2O3. The van der Waals surface area contributed by atoms with E-state index in [0.29, 0.717) is 0 Å². The number of hydrogen-bond donors (Lipinski definition) is 1. The standard InChI is InChI=1S/C17H16ClFN2O3/c1-10(2)16(11-3-6-13(19)7-4-11)20-17(22)12-5-8-14(18)15(9-12)21(23)24/h3-10,16H,1-2H3,(H,20,22)/t16-/m0/s1. The Morgan fingerprint density at radius 3 is 2.38 bits per heavy atom. The molecule has 0 bridgehead atoms. The third kappa shape index (κ3) is 4.08. The van der Waals surface area contributed by atoms with Crippen molar-refractivity contribution in [2.24, 2.45) is 5.92 Å². The number of halogens is 2. The minimum absolute atomic E-state index is 0.0319. The lowest BCUT2D eigenvalue weighted by atomic mass is 9.95. The van der Waals surface area contributed by atoms with Crippen molar-refractivity contribution < 1.29 is 14.1 Å². The smallest absolute Gasteiger partial charge is 0.288 e. The third-order valence-electron chi connectivity index (χ3n) is 3.59. The molecule has 0 unspecified atom stereocenters. The van der Waals surface area contributed by atoms with Crippen LogP contribution in [0.3, 0.4) is 0 Å². The largest absolute Gasteiger partial charge is 0.345 e. The average molecular weight is 351 g/mol. The summed E-state index contributed by atoms with van der Waals surface area (Å²) < 4.78 is 13.1. The van der Waals surface area contributed by atoms with Crippen LogP contribution in [0.1, 0.15) is 35.8 Å². The van der Waals surface area contributed by atoms with Gasteiger partial charge in [0.1, 0.15) is 10.8 Å². The summed E-state index contributed by atoms with van der Waals surface area (Å²) in [5.41, 5.74) is 0.564. The van der Waals surface area contributed by atoms with Crippen molar-refractivity contribution in [1.29, 1.82) is 0 Å². The van der Waals surface area contributed by atoms with Gasteiger partial charge in [-0.3, -0.25) is 14.9 Å². The summed E-state index contributed by atoms with van der Waals surface area (Å²) in [6, 6.07) is 9.37. The van der Waals surface area contributed by atoms with Crippen LogP contribution in [-0.4, -0.2) is 10.8 Å². The molecule has 0 saturated heterocycles.